The van der Waals surface area contributed by atoms with Crippen molar-refractivity contribution in [3.63, 3.8) is 0 Å². The number of benzene rings is 2. The minimum absolute atomic E-state index is 0. The number of ether oxygens (including phenoxy) is 1. The largest absolute Gasteiger partial charge is 0.461 e. The number of likely N-dealkylation sites (tertiary alicyclic amines) is 1. The number of likely N-dealkylation sites (N-methyl/N-ethyl adjacent to an activating group) is 1. The van der Waals surface area contributed by atoms with Gasteiger partial charge in [0.15, 0.2) is 0 Å². The molecule has 2 aromatic carbocycles. The number of nitrogens with zero attached hydrogens (tertiary/aromatic N) is 1. The van der Waals surface area contributed by atoms with Gasteiger partial charge >= 0.3 is 5.97 Å². The van der Waals surface area contributed by atoms with Crippen LogP contribution in [0.1, 0.15) is 24.0 Å². The summed E-state index contributed by atoms with van der Waals surface area (Å²) in [4.78, 5) is 14.9. The summed E-state index contributed by atoms with van der Waals surface area (Å²) in [7, 11) is 1.90. The molecule has 2 aromatic rings. The molecule has 3 rings (SSSR count). The fraction of sp³-hybridized carbons (Fsp3) is 0.381. The summed E-state index contributed by atoms with van der Waals surface area (Å²) in [5, 5.41) is 21.5. The van der Waals surface area contributed by atoms with Crippen LogP contribution in [0, 0.1) is 0 Å². The van der Waals surface area contributed by atoms with E-state index in [9.17, 15) is 15.0 Å². The van der Waals surface area contributed by atoms with Gasteiger partial charge in [0.2, 0.25) is 5.60 Å². The van der Waals surface area contributed by atoms with Crippen LogP contribution in [0.3, 0.4) is 0 Å². The second-order valence-corrected chi connectivity index (χ2v) is 6.80. The number of esters is 1. The summed E-state index contributed by atoms with van der Waals surface area (Å²) in [5.74, 6) is -0.735. The predicted molar refractivity (Wildman–Crippen MR) is 106 cm³/mol. The second-order valence-electron chi connectivity index (χ2n) is 6.80. The van der Waals surface area contributed by atoms with Gasteiger partial charge in [-0.25, -0.2) is 4.79 Å². The van der Waals surface area contributed by atoms with Crippen LogP contribution in [0.25, 0.3) is 0 Å². The molecule has 1 aliphatic rings. The number of carbonyl (C=O) groups is 1. The van der Waals surface area contributed by atoms with E-state index in [2.05, 4.69) is 0 Å². The van der Waals surface area contributed by atoms with Gasteiger partial charge in [0.1, 0.15) is 6.61 Å². The first-order chi connectivity index (χ1) is 12.5. The van der Waals surface area contributed by atoms with Crippen molar-refractivity contribution in [2.45, 2.75) is 30.6 Å². The average Bonchev–Trinajstić information content (AvgIpc) is 2.68. The van der Waals surface area contributed by atoms with Gasteiger partial charge in [-0.05, 0) is 37.6 Å². The van der Waals surface area contributed by atoms with Crippen LogP contribution in [-0.4, -0.2) is 53.4 Å². The molecular formula is C21H26ClNO4. The SMILES string of the molecule is CN1CCCC(O)C1COC(=O)C(O)(c1ccccc1)c1ccccc1.Cl. The van der Waals surface area contributed by atoms with Gasteiger partial charge in [-0.15, -0.1) is 12.4 Å². The Morgan fingerprint density at radius 1 is 1.11 bits per heavy atom. The maximum absolute atomic E-state index is 12.9. The molecule has 1 saturated heterocycles. The number of carbonyl (C=O) groups excluding carboxylic acids is 1. The maximum Gasteiger partial charge on any atom is 0.347 e. The van der Waals surface area contributed by atoms with Crippen molar-refractivity contribution in [2.24, 2.45) is 0 Å². The summed E-state index contributed by atoms with van der Waals surface area (Å²) in [6, 6.07) is 17.3. The molecule has 0 amide bonds. The van der Waals surface area contributed by atoms with Crippen LogP contribution < -0.4 is 0 Å². The lowest BCUT2D eigenvalue weighted by Gasteiger charge is -2.36. The topological polar surface area (TPSA) is 70.0 Å². The number of hydrogen-bond acceptors (Lipinski definition) is 5. The lowest BCUT2D eigenvalue weighted by atomic mass is 9.86. The van der Waals surface area contributed by atoms with E-state index in [4.69, 9.17) is 4.74 Å². The highest BCUT2D eigenvalue weighted by molar-refractivity contribution is 5.85. The minimum atomic E-state index is -1.89. The molecular weight excluding hydrogens is 366 g/mol. The van der Waals surface area contributed by atoms with Crippen molar-refractivity contribution in [2.75, 3.05) is 20.2 Å². The third-order valence-corrected chi connectivity index (χ3v) is 5.08. The molecule has 1 fully saturated rings. The Balaban J connectivity index is 0.00000261. The Kier molecular flexibility index (Phi) is 7.39. The lowest BCUT2D eigenvalue weighted by molar-refractivity contribution is -0.165. The van der Waals surface area contributed by atoms with E-state index < -0.39 is 17.7 Å². The first-order valence-corrected chi connectivity index (χ1v) is 8.92. The molecule has 2 atom stereocenters. The van der Waals surface area contributed by atoms with Gasteiger partial charge in [0, 0.05) is 0 Å². The summed E-state index contributed by atoms with van der Waals surface area (Å²) >= 11 is 0. The Bertz CT molecular complexity index is 676. The lowest BCUT2D eigenvalue weighted by Crippen LogP contribution is -2.50. The van der Waals surface area contributed by atoms with E-state index in [0.717, 1.165) is 13.0 Å². The number of halogens is 1. The Labute approximate surface area is 166 Å². The molecule has 146 valence electrons. The van der Waals surface area contributed by atoms with Gasteiger partial charge in [-0.2, -0.15) is 0 Å². The first-order valence-electron chi connectivity index (χ1n) is 8.92. The Hall–Kier alpha value is -1.92. The molecule has 0 aromatic heterocycles. The molecule has 0 radical (unpaired) electrons. The molecule has 1 aliphatic heterocycles. The second kappa shape index (κ2) is 9.33. The van der Waals surface area contributed by atoms with E-state index in [1.54, 1.807) is 48.5 Å². The van der Waals surface area contributed by atoms with Gasteiger partial charge in [0.25, 0.3) is 0 Å². The number of aliphatic hydroxyl groups is 2. The molecule has 1 heterocycles. The molecule has 0 bridgehead atoms. The zero-order valence-electron chi connectivity index (χ0n) is 15.3. The smallest absolute Gasteiger partial charge is 0.347 e. The van der Waals surface area contributed by atoms with Crippen molar-refractivity contribution in [1.29, 1.82) is 0 Å². The standard InChI is InChI=1S/C21H25NO4.ClH/c1-22-14-8-13-19(23)18(22)15-26-20(24)21(25,16-9-4-2-5-10-16)17-11-6-3-7-12-17;/h2-7,9-12,18-19,23,25H,8,13-15H2,1H3;1H. The van der Waals surface area contributed by atoms with Crippen molar-refractivity contribution in [3.8, 4) is 0 Å². The molecule has 0 aliphatic carbocycles. The highest BCUT2D eigenvalue weighted by atomic mass is 35.5. The molecule has 27 heavy (non-hydrogen) atoms. The van der Waals surface area contributed by atoms with Crippen molar-refractivity contribution < 1.29 is 19.7 Å². The monoisotopic (exact) mass is 391 g/mol. The molecule has 5 nitrogen and oxygen atoms in total. The molecule has 0 spiro atoms. The van der Waals surface area contributed by atoms with Crippen LogP contribution in [0.4, 0.5) is 0 Å². The molecule has 2 N–H and O–H groups in total. The predicted octanol–water partition coefficient (Wildman–Crippen LogP) is 2.34. The third-order valence-electron chi connectivity index (χ3n) is 5.08. The fourth-order valence-electron chi connectivity index (χ4n) is 3.47. The number of rotatable bonds is 5. The van der Waals surface area contributed by atoms with E-state index >= 15 is 0 Å². The van der Waals surface area contributed by atoms with Gasteiger partial charge in [0.05, 0.1) is 12.1 Å². The van der Waals surface area contributed by atoms with Crippen molar-refractivity contribution in [1.82, 2.24) is 4.90 Å². The summed E-state index contributed by atoms with van der Waals surface area (Å²) in [5.41, 5.74) is -0.983. The van der Waals surface area contributed by atoms with Gasteiger partial charge in [-0.1, -0.05) is 60.7 Å². The van der Waals surface area contributed by atoms with Crippen molar-refractivity contribution >= 4 is 18.4 Å². The highest BCUT2D eigenvalue weighted by Crippen LogP contribution is 2.31. The van der Waals surface area contributed by atoms with Crippen molar-refractivity contribution in [3.05, 3.63) is 71.8 Å². The van der Waals surface area contributed by atoms with Gasteiger partial charge in [-0.3, -0.25) is 4.90 Å². The first kappa shape index (κ1) is 21.4. The Morgan fingerprint density at radius 2 is 1.63 bits per heavy atom. The van der Waals surface area contributed by atoms with Crippen LogP contribution in [0.5, 0.6) is 0 Å². The summed E-state index contributed by atoms with van der Waals surface area (Å²) in [6.45, 7) is 0.888. The number of aliphatic hydroxyl groups excluding tert-OH is 1. The molecule has 0 saturated carbocycles. The summed E-state index contributed by atoms with van der Waals surface area (Å²) in [6.07, 6.45) is 1.07. The molecule has 2 unspecified atom stereocenters. The third kappa shape index (κ3) is 4.50. The molecule has 6 heteroatoms. The van der Waals surface area contributed by atoms with E-state index in [1.165, 1.54) is 0 Å². The number of piperidine rings is 1. The van der Waals surface area contributed by atoms with Crippen LogP contribution >= 0.6 is 12.4 Å². The van der Waals surface area contributed by atoms with Gasteiger partial charge < -0.3 is 14.9 Å². The number of hydrogen-bond donors (Lipinski definition) is 2. The van der Waals surface area contributed by atoms with E-state index in [-0.39, 0.29) is 25.1 Å². The van der Waals surface area contributed by atoms with Crippen LogP contribution in [0.15, 0.2) is 60.7 Å². The van der Waals surface area contributed by atoms with E-state index in [0.29, 0.717) is 17.5 Å². The fourth-order valence-corrected chi connectivity index (χ4v) is 3.47. The summed E-state index contributed by atoms with van der Waals surface area (Å²) < 4.78 is 5.51. The van der Waals surface area contributed by atoms with Crippen LogP contribution in [0.2, 0.25) is 0 Å². The minimum Gasteiger partial charge on any atom is -0.461 e. The van der Waals surface area contributed by atoms with Crippen LogP contribution in [-0.2, 0) is 15.1 Å². The normalized spacial score (nSPS) is 20.6. The average molecular weight is 392 g/mol. The quantitative estimate of drug-likeness (QED) is 0.765. The highest BCUT2D eigenvalue weighted by Gasteiger charge is 2.42. The maximum atomic E-state index is 12.9. The van der Waals surface area contributed by atoms with E-state index in [1.807, 2.05) is 24.1 Å². The Morgan fingerprint density at radius 3 is 2.11 bits per heavy atom. The zero-order valence-corrected chi connectivity index (χ0v) is 16.1. The zero-order chi connectivity index (χ0) is 18.6.